The van der Waals surface area contributed by atoms with E-state index in [1.165, 1.54) is 4.90 Å². The van der Waals surface area contributed by atoms with Crippen molar-refractivity contribution in [3.63, 3.8) is 0 Å². The lowest BCUT2D eigenvalue weighted by molar-refractivity contribution is 0.0717. The third-order valence-corrected chi connectivity index (χ3v) is 6.38. The van der Waals surface area contributed by atoms with E-state index < -0.39 is 11.6 Å². The molecule has 190 valence electrons. The molecule has 3 aromatic rings. The van der Waals surface area contributed by atoms with E-state index in [0.29, 0.717) is 17.3 Å². The van der Waals surface area contributed by atoms with E-state index in [9.17, 15) is 14.7 Å². The van der Waals surface area contributed by atoms with Crippen LogP contribution in [0.5, 0.6) is 5.88 Å². The quantitative estimate of drug-likeness (QED) is 0.529. The Bertz CT molecular complexity index is 1210. The van der Waals surface area contributed by atoms with Crippen LogP contribution >= 0.6 is 0 Å². The van der Waals surface area contributed by atoms with Crippen molar-refractivity contribution < 1.29 is 19.4 Å². The van der Waals surface area contributed by atoms with Crippen LogP contribution in [0.3, 0.4) is 0 Å². The Labute approximate surface area is 211 Å². The Balaban J connectivity index is 1.68. The van der Waals surface area contributed by atoms with Crippen molar-refractivity contribution in [1.82, 2.24) is 24.6 Å². The summed E-state index contributed by atoms with van der Waals surface area (Å²) in [5.74, 6) is 0.415. The van der Waals surface area contributed by atoms with E-state index in [4.69, 9.17) is 4.74 Å². The molecule has 1 saturated heterocycles. The van der Waals surface area contributed by atoms with Gasteiger partial charge in [-0.15, -0.1) is 0 Å². The highest BCUT2D eigenvalue weighted by atomic mass is 16.5. The summed E-state index contributed by atoms with van der Waals surface area (Å²) in [5, 5.41) is 14.3. The molecular weight excluding hydrogens is 458 g/mol. The van der Waals surface area contributed by atoms with Gasteiger partial charge in [0.15, 0.2) is 5.69 Å². The SMILES string of the molecule is COc1ccc(-n2nc(C(=O)N3CCCCC3)cc2-c2ccc(CN(C(=O)O)C(C)(C)C)cc2)cn1. The number of hydrogen-bond acceptors (Lipinski definition) is 5. The van der Waals surface area contributed by atoms with Crippen molar-refractivity contribution in [3.05, 3.63) is 59.9 Å². The second kappa shape index (κ2) is 10.4. The molecule has 1 aliphatic heterocycles. The highest BCUT2D eigenvalue weighted by molar-refractivity contribution is 5.93. The number of rotatable bonds is 6. The van der Waals surface area contributed by atoms with Gasteiger partial charge in [0.1, 0.15) is 0 Å². The van der Waals surface area contributed by atoms with Gasteiger partial charge in [0.25, 0.3) is 5.91 Å². The van der Waals surface area contributed by atoms with Crippen LogP contribution in [0.4, 0.5) is 4.79 Å². The van der Waals surface area contributed by atoms with Crippen LogP contribution in [0.25, 0.3) is 16.9 Å². The summed E-state index contributed by atoms with van der Waals surface area (Å²) >= 11 is 0. The molecule has 0 atom stereocenters. The number of carboxylic acid groups (broad SMARTS) is 1. The lowest BCUT2D eigenvalue weighted by Gasteiger charge is -2.33. The van der Waals surface area contributed by atoms with Crippen molar-refractivity contribution in [3.8, 4) is 22.8 Å². The summed E-state index contributed by atoms with van der Waals surface area (Å²) in [7, 11) is 1.56. The van der Waals surface area contributed by atoms with E-state index in [1.807, 2.05) is 62.1 Å². The van der Waals surface area contributed by atoms with Crippen molar-refractivity contribution in [2.45, 2.75) is 52.1 Å². The number of carbonyl (C=O) groups excluding carboxylic acids is 1. The average Bonchev–Trinajstić information content (AvgIpc) is 3.32. The fourth-order valence-corrected chi connectivity index (χ4v) is 4.32. The number of pyridine rings is 1. The lowest BCUT2D eigenvalue weighted by Crippen LogP contribution is -2.44. The molecule has 2 aromatic heterocycles. The highest BCUT2D eigenvalue weighted by Gasteiger charge is 2.26. The number of piperidine rings is 1. The molecule has 1 aliphatic rings. The first-order chi connectivity index (χ1) is 17.2. The first-order valence-corrected chi connectivity index (χ1v) is 12.2. The maximum Gasteiger partial charge on any atom is 0.408 e. The molecule has 36 heavy (non-hydrogen) atoms. The topological polar surface area (TPSA) is 101 Å². The third kappa shape index (κ3) is 5.50. The fourth-order valence-electron chi connectivity index (χ4n) is 4.32. The van der Waals surface area contributed by atoms with E-state index in [-0.39, 0.29) is 12.5 Å². The number of hydrogen-bond donors (Lipinski definition) is 1. The zero-order chi connectivity index (χ0) is 25.9. The first kappa shape index (κ1) is 25.2. The van der Waals surface area contributed by atoms with Crippen LogP contribution in [-0.4, -0.2) is 67.4 Å². The normalized spacial score (nSPS) is 13.9. The van der Waals surface area contributed by atoms with E-state index in [1.54, 1.807) is 24.1 Å². The van der Waals surface area contributed by atoms with Crippen LogP contribution in [0.1, 0.15) is 56.1 Å². The van der Waals surface area contributed by atoms with Crippen LogP contribution in [0, 0.1) is 0 Å². The van der Waals surface area contributed by atoms with Gasteiger partial charge in [-0.1, -0.05) is 24.3 Å². The van der Waals surface area contributed by atoms with Crippen molar-refractivity contribution in [1.29, 1.82) is 0 Å². The molecule has 1 N–H and O–H groups in total. The number of methoxy groups -OCH3 is 1. The Morgan fingerprint density at radius 2 is 1.75 bits per heavy atom. The van der Waals surface area contributed by atoms with Gasteiger partial charge in [0, 0.05) is 36.8 Å². The molecule has 0 bridgehead atoms. The Hall–Kier alpha value is -3.88. The number of carbonyl (C=O) groups is 2. The van der Waals surface area contributed by atoms with Crippen molar-refractivity contribution in [2.75, 3.05) is 20.2 Å². The van der Waals surface area contributed by atoms with Gasteiger partial charge in [-0.05, 0) is 57.7 Å². The number of amides is 2. The van der Waals surface area contributed by atoms with E-state index in [2.05, 4.69) is 10.1 Å². The minimum Gasteiger partial charge on any atom is -0.481 e. The average molecular weight is 492 g/mol. The Morgan fingerprint density at radius 3 is 2.31 bits per heavy atom. The molecule has 9 heteroatoms. The Morgan fingerprint density at radius 1 is 1.06 bits per heavy atom. The second-order valence-electron chi connectivity index (χ2n) is 9.97. The molecule has 2 amide bonds. The molecule has 0 saturated carbocycles. The van der Waals surface area contributed by atoms with Crippen LogP contribution < -0.4 is 4.74 Å². The number of ether oxygens (including phenoxy) is 1. The van der Waals surface area contributed by atoms with E-state index >= 15 is 0 Å². The fraction of sp³-hybridized carbons (Fsp3) is 0.407. The second-order valence-corrected chi connectivity index (χ2v) is 9.97. The largest absolute Gasteiger partial charge is 0.481 e. The monoisotopic (exact) mass is 491 g/mol. The summed E-state index contributed by atoms with van der Waals surface area (Å²) in [6.07, 6.45) is 3.85. The molecule has 1 aromatic carbocycles. The summed E-state index contributed by atoms with van der Waals surface area (Å²) < 4.78 is 6.90. The molecule has 3 heterocycles. The molecular formula is C27H33N5O4. The highest BCUT2D eigenvalue weighted by Crippen LogP contribution is 2.27. The predicted octanol–water partition coefficient (Wildman–Crippen LogP) is 4.85. The van der Waals surface area contributed by atoms with Crippen molar-refractivity contribution >= 4 is 12.0 Å². The zero-order valence-corrected chi connectivity index (χ0v) is 21.3. The van der Waals surface area contributed by atoms with Gasteiger partial charge < -0.3 is 14.7 Å². The smallest absolute Gasteiger partial charge is 0.408 e. The first-order valence-electron chi connectivity index (χ1n) is 12.2. The Kier molecular flexibility index (Phi) is 7.28. The van der Waals surface area contributed by atoms with Crippen LogP contribution in [0.15, 0.2) is 48.7 Å². The standard InChI is InChI=1S/C27H33N5O4/c1-27(2,3)31(26(34)35)18-19-8-10-20(11-9-19)23-16-22(25(33)30-14-6-5-7-15-30)29-32(23)21-12-13-24(36-4)28-17-21/h8-13,16-17H,5-7,14-15,18H2,1-4H3,(H,34,35). The van der Waals surface area contributed by atoms with E-state index in [0.717, 1.165) is 49.2 Å². The zero-order valence-electron chi connectivity index (χ0n) is 21.3. The van der Waals surface area contributed by atoms with Gasteiger partial charge in [-0.25, -0.2) is 14.5 Å². The maximum atomic E-state index is 13.2. The number of benzene rings is 1. The maximum absolute atomic E-state index is 13.2. The van der Waals surface area contributed by atoms with Gasteiger partial charge in [-0.3, -0.25) is 9.69 Å². The third-order valence-electron chi connectivity index (χ3n) is 6.38. The minimum absolute atomic E-state index is 0.0740. The van der Waals surface area contributed by atoms with Gasteiger partial charge in [-0.2, -0.15) is 5.10 Å². The van der Waals surface area contributed by atoms with Gasteiger partial charge in [0.05, 0.1) is 24.7 Å². The molecule has 0 unspecified atom stereocenters. The summed E-state index contributed by atoms with van der Waals surface area (Å²) in [6, 6.07) is 13.1. The summed E-state index contributed by atoms with van der Waals surface area (Å²) in [4.78, 5) is 32.5. The molecule has 9 nitrogen and oxygen atoms in total. The molecule has 0 aliphatic carbocycles. The minimum atomic E-state index is -0.961. The molecule has 1 fully saturated rings. The summed E-state index contributed by atoms with van der Waals surface area (Å²) in [6.45, 7) is 7.38. The number of likely N-dealkylation sites (tertiary alicyclic amines) is 1. The van der Waals surface area contributed by atoms with Gasteiger partial charge >= 0.3 is 6.09 Å². The predicted molar refractivity (Wildman–Crippen MR) is 136 cm³/mol. The molecule has 0 radical (unpaired) electrons. The van der Waals surface area contributed by atoms with Crippen molar-refractivity contribution in [2.24, 2.45) is 0 Å². The molecule has 4 rings (SSSR count). The number of aromatic nitrogens is 3. The van der Waals surface area contributed by atoms with Gasteiger partial charge in [0.2, 0.25) is 5.88 Å². The number of nitrogens with zero attached hydrogens (tertiary/aromatic N) is 5. The van der Waals surface area contributed by atoms with Crippen LogP contribution in [0.2, 0.25) is 0 Å². The van der Waals surface area contributed by atoms with Crippen LogP contribution in [-0.2, 0) is 6.54 Å². The lowest BCUT2D eigenvalue weighted by atomic mass is 10.0. The summed E-state index contributed by atoms with van der Waals surface area (Å²) in [5.41, 5.74) is 3.05. The molecule has 0 spiro atoms.